The molecule has 24 heavy (non-hydrogen) atoms. The van der Waals surface area contributed by atoms with Crippen molar-refractivity contribution in [2.45, 2.75) is 6.04 Å². The molecule has 3 rings (SSSR count). The number of nitrogens with one attached hydrogen (secondary N) is 1. The van der Waals surface area contributed by atoms with Gasteiger partial charge in [-0.3, -0.25) is 9.69 Å². The molecular weight excluding hydrogens is 306 g/mol. The molecule has 1 aromatic carbocycles. The largest absolute Gasteiger partial charge is 0.382 e. The number of nitrogens with zero attached hydrogens (tertiary/aromatic N) is 3. The molecule has 7 heteroatoms. The number of ether oxygens (including phenoxy) is 1. The third-order valence-electron chi connectivity index (χ3n) is 4.07. The summed E-state index contributed by atoms with van der Waals surface area (Å²) in [6, 6.07) is 10.2. The van der Waals surface area contributed by atoms with Gasteiger partial charge >= 0.3 is 0 Å². The summed E-state index contributed by atoms with van der Waals surface area (Å²) in [6.45, 7) is 3.55. The van der Waals surface area contributed by atoms with E-state index in [-0.39, 0.29) is 23.5 Å². The predicted octanol–water partition coefficient (Wildman–Crippen LogP) is 0.862. The van der Waals surface area contributed by atoms with E-state index in [0.29, 0.717) is 19.8 Å². The van der Waals surface area contributed by atoms with Gasteiger partial charge in [0.05, 0.1) is 19.3 Å². The van der Waals surface area contributed by atoms with Gasteiger partial charge in [-0.1, -0.05) is 30.3 Å². The Bertz CT molecular complexity index is 674. The van der Waals surface area contributed by atoms with Crippen molar-refractivity contribution >= 4 is 11.7 Å². The van der Waals surface area contributed by atoms with Crippen LogP contribution in [0.3, 0.4) is 0 Å². The third kappa shape index (κ3) is 3.87. The number of amides is 1. The first-order chi connectivity index (χ1) is 11.8. The lowest BCUT2D eigenvalue weighted by molar-refractivity contribution is 0.0162. The molecule has 0 unspecified atom stereocenters. The van der Waals surface area contributed by atoms with E-state index in [4.69, 9.17) is 10.5 Å². The zero-order valence-corrected chi connectivity index (χ0v) is 13.4. The van der Waals surface area contributed by atoms with Gasteiger partial charge in [0.1, 0.15) is 0 Å². The minimum atomic E-state index is -0.310. The Morgan fingerprint density at radius 1 is 1.21 bits per heavy atom. The monoisotopic (exact) mass is 327 g/mol. The summed E-state index contributed by atoms with van der Waals surface area (Å²) in [6.07, 6.45) is 2.93. The second-order valence-corrected chi connectivity index (χ2v) is 5.58. The Balaban J connectivity index is 1.72. The molecular formula is C17H21N5O2. The van der Waals surface area contributed by atoms with Crippen molar-refractivity contribution in [3.63, 3.8) is 0 Å². The fourth-order valence-corrected chi connectivity index (χ4v) is 2.82. The molecule has 1 aliphatic rings. The lowest BCUT2D eigenvalue weighted by atomic mass is 10.0. The second-order valence-electron chi connectivity index (χ2n) is 5.58. The molecule has 1 amide bonds. The third-order valence-corrected chi connectivity index (χ3v) is 4.07. The van der Waals surface area contributed by atoms with E-state index < -0.39 is 0 Å². The van der Waals surface area contributed by atoms with Crippen molar-refractivity contribution in [1.29, 1.82) is 0 Å². The maximum absolute atomic E-state index is 12.3. The van der Waals surface area contributed by atoms with E-state index in [0.717, 1.165) is 18.7 Å². The van der Waals surface area contributed by atoms with Gasteiger partial charge in [0.25, 0.3) is 5.91 Å². The summed E-state index contributed by atoms with van der Waals surface area (Å²) in [5.74, 6) is -0.174. The average molecular weight is 327 g/mol. The number of aromatic nitrogens is 2. The molecule has 0 bridgehead atoms. The van der Waals surface area contributed by atoms with E-state index in [1.807, 2.05) is 18.2 Å². The first-order valence-corrected chi connectivity index (χ1v) is 7.97. The maximum atomic E-state index is 12.3. The molecule has 1 aliphatic heterocycles. The van der Waals surface area contributed by atoms with Crippen LogP contribution in [0.4, 0.5) is 5.82 Å². The fraction of sp³-hybridized carbons (Fsp3) is 0.353. The van der Waals surface area contributed by atoms with Gasteiger partial charge in [-0.15, -0.1) is 0 Å². The molecule has 2 heterocycles. The molecule has 0 aliphatic carbocycles. The van der Waals surface area contributed by atoms with E-state index in [1.54, 1.807) is 0 Å². The highest BCUT2D eigenvalue weighted by molar-refractivity contribution is 5.96. The molecule has 126 valence electrons. The van der Waals surface area contributed by atoms with Gasteiger partial charge in [0, 0.05) is 32.0 Å². The highest BCUT2D eigenvalue weighted by atomic mass is 16.5. The zero-order chi connectivity index (χ0) is 16.8. The highest BCUT2D eigenvalue weighted by Gasteiger charge is 2.23. The number of rotatable bonds is 5. The van der Waals surface area contributed by atoms with Crippen molar-refractivity contribution in [2.24, 2.45) is 0 Å². The van der Waals surface area contributed by atoms with E-state index >= 15 is 0 Å². The van der Waals surface area contributed by atoms with Crippen LogP contribution in [0, 0.1) is 0 Å². The van der Waals surface area contributed by atoms with Crippen LogP contribution >= 0.6 is 0 Å². The lowest BCUT2D eigenvalue weighted by Gasteiger charge is -2.34. The number of nitrogen functional groups attached to an aromatic ring is 1. The summed E-state index contributed by atoms with van der Waals surface area (Å²) in [5, 5.41) is 2.93. The number of nitrogens with two attached hydrogens (primary N) is 1. The van der Waals surface area contributed by atoms with Crippen LogP contribution < -0.4 is 11.1 Å². The van der Waals surface area contributed by atoms with Gasteiger partial charge in [0.15, 0.2) is 11.5 Å². The van der Waals surface area contributed by atoms with Crippen molar-refractivity contribution in [3.05, 3.63) is 54.0 Å². The van der Waals surface area contributed by atoms with Gasteiger partial charge in [-0.2, -0.15) is 0 Å². The minimum Gasteiger partial charge on any atom is -0.382 e. The fourth-order valence-electron chi connectivity index (χ4n) is 2.82. The van der Waals surface area contributed by atoms with Crippen molar-refractivity contribution in [3.8, 4) is 0 Å². The smallest absolute Gasteiger partial charge is 0.273 e. The molecule has 3 N–H and O–H groups in total. The van der Waals surface area contributed by atoms with Crippen molar-refractivity contribution in [1.82, 2.24) is 20.2 Å². The van der Waals surface area contributed by atoms with Crippen LogP contribution in [-0.2, 0) is 4.74 Å². The second kappa shape index (κ2) is 7.85. The topological polar surface area (TPSA) is 93.4 Å². The van der Waals surface area contributed by atoms with Gasteiger partial charge in [-0.05, 0) is 5.56 Å². The first kappa shape index (κ1) is 16.4. The van der Waals surface area contributed by atoms with Crippen molar-refractivity contribution in [2.75, 3.05) is 38.6 Å². The number of morpholine rings is 1. The standard InChI is InChI=1S/C17H21N5O2/c18-16-15(19-6-7-20-16)17(23)21-12-14(13-4-2-1-3-5-13)22-8-10-24-11-9-22/h1-7,14H,8-12H2,(H2,18,20)(H,21,23)/t14-/m0/s1. The number of anilines is 1. The number of hydrogen-bond acceptors (Lipinski definition) is 6. The SMILES string of the molecule is Nc1nccnc1C(=O)NC[C@@H](c1ccccc1)N1CCOCC1. The summed E-state index contributed by atoms with van der Waals surface area (Å²) in [5.41, 5.74) is 7.04. The number of carbonyl (C=O) groups is 1. The van der Waals surface area contributed by atoms with Gasteiger partial charge < -0.3 is 15.8 Å². The maximum Gasteiger partial charge on any atom is 0.273 e. The number of carbonyl (C=O) groups excluding carboxylic acids is 1. The van der Waals surface area contributed by atoms with E-state index in [1.165, 1.54) is 12.4 Å². The van der Waals surface area contributed by atoms with Crippen LogP contribution in [0.25, 0.3) is 0 Å². The molecule has 7 nitrogen and oxygen atoms in total. The van der Waals surface area contributed by atoms with Crippen LogP contribution in [0.1, 0.15) is 22.1 Å². The van der Waals surface area contributed by atoms with Gasteiger partial charge in [0.2, 0.25) is 0 Å². The quantitative estimate of drug-likeness (QED) is 0.846. The zero-order valence-electron chi connectivity index (χ0n) is 13.4. The van der Waals surface area contributed by atoms with Crippen molar-refractivity contribution < 1.29 is 9.53 Å². The summed E-state index contributed by atoms with van der Waals surface area (Å²) >= 11 is 0. The number of benzene rings is 1. The number of hydrogen-bond donors (Lipinski definition) is 2. The highest BCUT2D eigenvalue weighted by Crippen LogP contribution is 2.21. The van der Waals surface area contributed by atoms with Crippen LogP contribution in [-0.4, -0.2) is 53.6 Å². The Hall–Kier alpha value is -2.51. The predicted molar refractivity (Wildman–Crippen MR) is 90.4 cm³/mol. The normalized spacial score (nSPS) is 16.5. The van der Waals surface area contributed by atoms with Crippen LogP contribution in [0.15, 0.2) is 42.7 Å². The Kier molecular flexibility index (Phi) is 5.35. The molecule has 2 aromatic rings. The molecule has 1 aromatic heterocycles. The molecule has 0 radical (unpaired) electrons. The Labute approximate surface area is 140 Å². The molecule has 1 atom stereocenters. The van der Waals surface area contributed by atoms with Crippen LogP contribution in [0.5, 0.6) is 0 Å². The van der Waals surface area contributed by atoms with Crippen LogP contribution in [0.2, 0.25) is 0 Å². The first-order valence-electron chi connectivity index (χ1n) is 7.97. The summed E-state index contributed by atoms with van der Waals surface area (Å²) < 4.78 is 5.43. The molecule has 0 spiro atoms. The minimum absolute atomic E-state index is 0.0805. The Morgan fingerprint density at radius 3 is 2.62 bits per heavy atom. The summed E-state index contributed by atoms with van der Waals surface area (Å²) in [7, 11) is 0. The molecule has 1 saturated heterocycles. The van der Waals surface area contributed by atoms with E-state index in [9.17, 15) is 4.79 Å². The lowest BCUT2D eigenvalue weighted by Crippen LogP contribution is -2.44. The van der Waals surface area contributed by atoms with E-state index in [2.05, 4.69) is 32.3 Å². The summed E-state index contributed by atoms with van der Waals surface area (Å²) in [4.78, 5) is 22.6. The molecule has 1 fully saturated rings. The van der Waals surface area contributed by atoms with Gasteiger partial charge in [-0.25, -0.2) is 9.97 Å². The Morgan fingerprint density at radius 2 is 1.92 bits per heavy atom. The average Bonchev–Trinajstić information content (AvgIpc) is 2.64. The molecule has 0 saturated carbocycles.